The average Bonchev–Trinajstić information content (AvgIpc) is 2.70. The summed E-state index contributed by atoms with van der Waals surface area (Å²) in [5.74, 6) is 0. The van der Waals surface area contributed by atoms with Gasteiger partial charge < -0.3 is 4.90 Å². The van der Waals surface area contributed by atoms with Crippen molar-refractivity contribution in [2.75, 3.05) is 11.9 Å². The number of benzene rings is 2. The lowest BCUT2D eigenvalue weighted by molar-refractivity contribution is 0.641. The van der Waals surface area contributed by atoms with E-state index in [0.717, 1.165) is 10.7 Å². The summed E-state index contributed by atoms with van der Waals surface area (Å²) in [7, 11) is 2.11. The van der Waals surface area contributed by atoms with Gasteiger partial charge in [-0.25, -0.2) is 0 Å². The molecule has 0 aromatic heterocycles. The van der Waals surface area contributed by atoms with Crippen LogP contribution in [0.4, 0.5) is 11.4 Å². The molecular weight excluding hydrogens is 292 g/mol. The summed E-state index contributed by atoms with van der Waals surface area (Å²) in [6.45, 7) is 4.49. The van der Waals surface area contributed by atoms with Crippen LogP contribution in [0.25, 0.3) is 0 Å². The lowest BCUT2D eigenvalue weighted by Gasteiger charge is -2.23. The molecule has 0 radical (unpaired) electrons. The van der Waals surface area contributed by atoms with Crippen LogP contribution in [0.15, 0.2) is 65.3 Å². The molecule has 0 aliphatic carbocycles. The van der Waals surface area contributed by atoms with Crippen LogP contribution in [-0.2, 0) is 5.41 Å². The van der Waals surface area contributed by atoms with Gasteiger partial charge in [0.2, 0.25) is 0 Å². The maximum Gasteiger partial charge on any atom is 0.0630 e. The maximum absolute atomic E-state index is 5.89. The highest BCUT2D eigenvalue weighted by Crippen LogP contribution is 2.46. The summed E-state index contributed by atoms with van der Waals surface area (Å²) >= 11 is 5.89. The Morgan fingerprint density at radius 1 is 1.05 bits per heavy atom. The Morgan fingerprint density at radius 3 is 2.41 bits per heavy atom. The second-order valence-electron chi connectivity index (χ2n) is 6.01. The Morgan fingerprint density at radius 2 is 1.73 bits per heavy atom. The van der Waals surface area contributed by atoms with Gasteiger partial charge in [0.25, 0.3) is 0 Å². The molecule has 0 amide bonds. The number of allylic oxidation sites excluding steroid dienone is 2. The first-order valence-electron chi connectivity index (χ1n) is 7.34. The largest absolute Gasteiger partial charge is 0.347 e. The number of hydrogen-bond donors (Lipinski definition) is 0. The molecule has 112 valence electrons. The first kappa shape index (κ1) is 14.9. The number of likely N-dealkylation sites (N-methyl/N-ethyl adjacent to an activating group) is 1. The molecule has 1 heterocycles. The summed E-state index contributed by atoms with van der Waals surface area (Å²) in [4.78, 5) is 6.73. The third kappa shape index (κ3) is 2.55. The van der Waals surface area contributed by atoms with E-state index in [0.29, 0.717) is 0 Å². The standard InChI is InChI=1S/C19H19ClN2/c1-19(2)16-6-4-5-7-17(16)22(3)18(19)12-13-21-15-10-8-14(20)9-11-15/h4-13H,1-3H3. The van der Waals surface area contributed by atoms with Gasteiger partial charge in [-0.1, -0.05) is 43.6 Å². The fourth-order valence-corrected chi connectivity index (χ4v) is 3.15. The molecular formula is C19H19ClN2. The summed E-state index contributed by atoms with van der Waals surface area (Å²) in [6, 6.07) is 16.1. The van der Waals surface area contributed by atoms with Gasteiger partial charge in [0.15, 0.2) is 0 Å². The summed E-state index contributed by atoms with van der Waals surface area (Å²) in [6.07, 6.45) is 3.96. The Balaban J connectivity index is 1.90. The highest BCUT2D eigenvalue weighted by Gasteiger charge is 2.37. The van der Waals surface area contributed by atoms with Crippen molar-refractivity contribution in [2.45, 2.75) is 19.3 Å². The van der Waals surface area contributed by atoms with Gasteiger partial charge in [-0.15, -0.1) is 0 Å². The number of fused-ring (bicyclic) bond motifs is 1. The maximum atomic E-state index is 5.89. The number of halogens is 1. The highest BCUT2D eigenvalue weighted by molar-refractivity contribution is 6.30. The van der Waals surface area contributed by atoms with Crippen molar-refractivity contribution >= 4 is 29.2 Å². The number of nitrogens with zero attached hydrogens (tertiary/aromatic N) is 2. The third-order valence-corrected chi connectivity index (χ3v) is 4.48. The summed E-state index contributed by atoms with van der Waals surface area (Å²) < 4.78 is 0. The Hall–Kier alpha value is -2.06. The molecule has 1 aliphatic rings. The van der Waals surface area contributed by atoms with Crippen LogP contribution in [0, 0.1) is 0 Å². The van der Waals surface area contributed by atoms with Crippen molar-refractivity contribution in [3.05, 3.63) is 70.9 Å². The van der Waals surface area contributed by atoms with Gasteiger partial charge in [-0.05, 0) is 42.0 Å². The van der Waals surface area contributed by atoms with Crippen LogP contribution in [0.1, 0.15) is 19.4 Å². The van der Waals surface area contributed by atoms with Crippen LogP contribution < -0.4 is 4.90 Å². The predicted molar refractivity (Wildman–Crippen MR) is 95.6 cm³/mol. The zero-order valence-corrected chi connectivity index (χ0v) is 13.8. The molecule has 0 saturated heterocycles. The predicted octanol–water partition coefficient (Wildman–Crippen LogP) is 5.35. The molecule has 0 unspecified atom stereocenters. The minimum atomic E-state index is -0.0165. The van der Waals surface area contributed by atoms with Crippen LogP contribution in [0.2, 0.25) is 5.02 Å². The number of anilines is 1. The molecule has 22 heavy (non-hydrogen) atoms. The molecule has 0 bridgehead atoms. The monoisotopic (exact) mass is 310 g/mol. The Kier molecular flexibility index (Phi) is 3.79. The van der Waals surface area contributed by atoms with E-state index in [-0.39, 0.29) is 5.41 Å². The van der Waals surface area contributed by atoms with E-state index in [1.807, 2.05) is 30.5 Å². The zero-order chi connectivity index (χ0) is 15.7. The van der Waals surface area contributed by atoms with Gasteiger partial charge in [-0.3, -0.25) is 4.99 Å². The summed E-state index contributed by atoms with van der Waals surface area (Å²) in [5.41, 5.74) is 4.74. The number of aliphatic imine (C=N–C) groups is 1. The molecule has 0 spiro atoms. The fourth-order valence-electron chi connectivity index (χ4n) is 3.02. The highest BCUT2D eigenvalue weighted by atomic mass is 35.5. The van der Waals surface area contributed by atoms with E-state index in [9.17, 15) is 0 Å². The van der Waals surface area contributed by atoms with E-state index in [4.69, 9.17) is 11.6 Å². The normalized spacial score (nSPS) is 18.2. The lowest BCUT2D eigenvalue weighted by Crippen LogP contribution is -2.22. The third-order valence-electron chi connectivity index (χ3n) is 4.22. The molecule has 2 aromatic carbocycles. The van der Waals surface area contributed by atoms with Crippen LogP contribution in [-0.4, -0.2) is 13.3 Å². The van der Waals surface area contributed by atoms with Crippen molar-refractivity contribution in [1.82, 2.24) is 0 Å². The molecule has 0 atom stereocenters. The van der Waals surface area contributed by atoms with Crippen molar-refractivity contribution in [2.24, 2.45) is 4.99 Å². The van der Waals surface area contributed by atoms with Crippen molar-refractivity contribution in [3.63, 3.8) is 0 Å². The zero-order valence-electron chi connectivity index (χ0n) is 13.0. The Labute approximate surface area is 136 Å². The van der Waals surface area contributed by atoms with Gasteiger partial charge in [0, 0.05) is 35.1 Å². The molecule has 1 aliphatic heterocycles. The second kappa shape index (κ2) is 5.62. The minimum Gasteiger partial charge on any atom is -0.347 e. The second-order valence-corrected chi connectivity index (χ2v) is 6.44. The number of rotatable bonds is 2. The molecule has 2 nitrogen and oxygen atoms in total. The van der Waals surface area contributed by atoms with Crippen LogP contribution in [0.3, 0.4) is 0 Å². The van der Waals surface area contributed by atoms with E-state index in [1.165, 1.54) is 16.9 Å². The molecule has 3 heteroatoms. The van der Waals surface area contributed by atoms with E-state index < -0.39 is 0 Å². The molecule has 0 saturated carbocycles. The van der Waals surface area contributed by atoms with Crippen molar-refractivity contribution < 1.29 is 0 Å². The van der Waals surface area contributed by atoms with Gasteiger partial charge >= 0.3 is 0 Å². The first-order valence-corrected chi connectivity index (χ1v) is 7.71. The fraction of sp³-hybridized carbons (Fsp3) is 0.211. The number of hydrogen-bond acceptors (Lipinski definition) is 2. The van der Waals surface area contributed by atoms with Crippen molar-refractivity contribution in [1.29, 1.82) is 0 Å². The average molecular weight is 311 g/mol. The lowest BCUT2D eigenvalue weighted by atomic mass is 9.84. The quantitative estimate of drug-likeness (QED) is 0.682. The van der Waals surface area contributed by atoms with E-state index >= 15 is 0 Å². The SMILES string of the molecule is CN1C(=CC=Nc2ccc(Cl)cc2)C(C)(C)c2ccccc21. The van der Waals surface area contributed by atoms with Gasteiger partial charge in [0.05, 0.1) is 5.69 Å². The summed E-state index contributed by atoms with van der Waals surface area (Å²) in [5, 5.41) is 0.726. The van der Waals surface area contributed by atoms with Crippen molar-refractivity contribution in [3.8, 4) is 0 Å². The molecule has 0 N–H and O–H groups in total. The van der Waals surface area contributed by atoms with E-state index in [1.54, 1.807) is 0 Å². The first-order chi connectivity index (χ1) is 10.5. The van der Waals surface area contributed by atoms with Crippen LogP contribution >= 0.6 is 11.6 Å². The van der Waals surface area contributed by atoms with Crippen LogP contribution in [0.5, 0.6) is 0 Å². The smallest absolute Gasteiger partial charge is 0.0630 e. The topological polar surface area (TPSA) is 15.6 Å². The van der Waals surface area contributed by atoms with Gasteiger partial charge in [-0.2, -0.15) is 0 Å². The Bertz CT molecular complexity index is 742. The molecule has 0 fully saturated rings. The molecule has 2 aromatic rings. The minimum absolute atomic E-state index is 0.0165. The number of para-hydroxylation sites is 1. The van der Waals surface area contributed by atoms with Gasteiger partial charge in [0.1, 0.15) is 0 Å². The molecule has 3 rings (SSSR count). The van der Waals surface area contributed by atoms with E-state index in [2.05, 4.69) is 61.1 Å².